The molecule has 3 rings (SSSR count). The summed E-state index contributed by atoms with van der Waals surface area (Å²) in [6, 6.07) is 8.23. The summed E-state index contributed by atoms with van der Waals surface area (Å²) in [7, 11) is 0. The van der Waals surface area contributed by atoms with E-state index in [0.29, 0.717) is 10.6 Å². The van der Waals surface area contributed by atoms with Gasteiger partial charge in [0.15, 0.2) is 0 Å². The fourth-order valence-electron chi connectivity index (χ4n) is 1.81. The molecule has 0 aliphatic rings. The van der Waals surface area contributed by atoms with Gasteiger partial charge in [0.2, 0.25) is 0 Å². The molecule has 0 aliphatic heterocycles. The van der Waals surface area contributed by atoms with E-state index in [1.54, 1.807) is 22.7 Å². The smallest absolute Gasteiger partial charge is 0.129 e. The van der Waals surface area contributed by atoms with Gasteiger partial charge in [-0.3, -0.25) is 0 Å². The molecule has 0 aromatic carbocycles. The number of halogens is 1. The van der Waals surface area contributed by atoms with Gasteiger partial charge in [0.05, 0.1) is 15.4 Å². The SMILES string of the molecule is N#Cc1sc(-c2sccc2Br)c(-c2cccs2)c1N. The molecule has 0 atom stereocenters. The molecule has 0 spiro atoms. The van der Waals surface area contributed by atoms with E-state index in [9.17, 15) is 5.26 Å². The lowest BCUT2D eigenvalue weighted by Crippen LogP contribution is -1.87. The summed E-state index contributed by atoms with van der Waals surface area (Å²) in [5.74, 6) is 0. The van der Waals surface area contributed by atoms with E-state index >= 15 is 0 Å². The molecule has 0 saturated carbocycles. The molecule has 0 radical (unpaired) electrons. The van der Waals surface area contributed by atoms with E-state index in [4.69, 9.17) is 5.73 Å². The molecule has 3 aromatic heterocycles. The van der Waals surface area contributed by atoms with Crippen LogP contribution >= 0.6 is 49.9 Å². The molecule has 0 unspecified atom stereocenters. The van der Waals surface area contributed by atoms with Gasteiger partial charge in [0, 0.05) is 14.9 Å². The van der Waals surface area contributed by atoms with Gasteiger partial charge in [-0.25, -0.2) is 0 Å². The summed E-state index contributed by atoms with van der Waals surface area (Å²) >= 11 is 8.30. The van der Waals surface area contributed by atoms with Crippen molar-refractivity contribution in [1.29, 1.82) is 5.26 Å². The van der Waals surface area contributed by atoms with Crippen molar-refractivity contribution in [2.75, 3.05) is 5.73 Å². The second-order valence-corrected chi connectivity index (χ2v) is 7.47. The molecule has 6 heteroatoms. The van der Waals surface area contributed by atoms with Crippen molar-refractivity contribution < 1.29 is 0 Å². The average Bonchev–Trinajstić information content (AvgIpc) is 3.09. The van der Waals surface area contributed by atoms with E-state index < -0.39 is 0 Å². The number of hydrogen-bond acceptors (Lipinski definition) is 5. The van der Waals surface area contributed by atoms with Crippen LogP contribution in [0, 0.1) is 11.3 Å². The van der Waals surface area contributed by atoms with E-state index in [1.165, 1.54) is 11.3 Å². The quantitative estimate of drug-likeness (QED) is 0.657. The number of thiophene rings is 3. The van der Waals surface area contributed by atoms with Crippen molar-refractivity contribution in [2.24, 2.45) is 0 Å². The lowest BCUT2D eigenvalue weighted by molar-refractivity contribution is 1.52. The second kappa shape index (κ2) is 5.10. The number of nitriles is 1. The predicted octanol–water partition coefficient (Wildman–Crippen LogP) is 5.42. The van der Waals surface area contributed by atoms with Crippen LogP contribution in [0.4, 0.5) is 5.69 Å². The van der Waals surface area contributed by atoms with E-state index in [2.05, 4.69) is 22.0 Å². The second-order valence-electron chi connectivity index (χ2n) is 3.74. The first-order valence-electron chi connectivity index (χ1n) is 5.32. The van der Waals surface area contributed by atoms with Crippen molar-refractivity contribution in [3.8, 4) is 26.3 Å². The summed E-state index contributed by atoms with van der Waals surface area (Å²) in [5.41, 5.74) is 7.72. The molecule has 3 aromatic rings. The van der Waals surface area contributed by atoms with Crippen LogP contribution in [0.15, 0.2) is 33.4 Å². The molecular weight excluding hydrogens is 360 g/mol. The largest absolute Gasteiger partial charge is 0.396 e. The summed E-state index contributed by atoms with van der Waals surface area (Å²) in [6.45, 7) is 0. The van der Waals surface area contributed by atoms with E-state index in [1.807, 2.05) is 29.0 Å². The highest BCUT2D eigenvalue weighted by atomic mass is 79.9. The lowest BCUT2D eigenvalue weighted by atomic mass is 10.1. The molecule has 19 heavy (non-hydrogen) atoms. The van der Waals surface area contributed by atoms with Crippen LogP contribution in [0.3, 0.4) is 0 Å². The Morgan fingerprint density at radius 2 is 2.00 bits per heavy atom. The van der Waals surface area contributed by atoms with Crippen molar-refractivity contribution in [3.63, 3.8) is 0 Å². The van der Waals surface area contributed by atoms with Gasteiger partial charge in [-0.15, -0.1) is 34.0 Å². The minimum Gasteiger partial charge on any atom is -0.396 e. The number of nitrogens with two attached hydrogens (primary N) is 1. The molecule has 0 saturated heterocycles. The summed E-state index contributed by atoms with van der Waals surface area (Å²) < 4.78 is 1.04. The third-order valence-corrected chi connectivity index (χ3v) is 6.64. The van der Waals surface area contributed by atoms with Gasteiger partial charge in [-0.2, -0.15) is 5.26 Å². The number of nitrogens with zero attached hydrogens (tertiary/aromatic N) is 1. The Hall–Kier alpha value is -1.13. The molecule has 3 heterocycles. The zero-order valence-corrected chi connectivity index (χ0v) is 13.5. The normalized spacial score (nSPS) is 10.5. The zero-order chi connectivity index (χ0) is 13.4. The highest BCUT2D eigenvalue weighted by Gasteiger charge is 2.21. The maximum absolute atomic E-state index is 9.20. The Labute approximate surface area is 130 Å². The van der Waals surface area contributed by atoms with Crippen molar-refractivity contribution in [1.82, 2.24) is 0 Å². The topological polar surface area (TPSA) is 49.8 Å². The van der Waals surface area contributed by atoms with Crippen molar-refractivity contribution in [2.45, 2.75) is 0 Å². The fourth-order valence-corrected chi connectivity index (χ4v) is 5.57. The van der Waals surface area contributed by atoms with Gasteiger partial charge in [0.25, 0.3) is 0 Å². The summed E-state index contributed by atoms with van der Waals surface area (Å²) in [6.07, 6.45) is 0. The number of hydrogen-bond donors (Lipinski definition) is 1. The van der Waals surface area contributed by atoms with Gasteiger partial charge in [-0.05, 0) is 38.8 Å². The number of rotatable bonds is 2. The average molecular weight is 367 g/mol. The Bertz CT molecular complexity index is 763. The van der Waals surface area contributed by atoms with Crippen LogP contribution in [-0.4, -0.2) is 0 Å². The standard InChI is InChI=1S/C13H7BrN2S3/c14-7-3-5-18-12(7)13-10(8-2-1-4-17-8)11(16)9(6-15)19-13/h1-5H,16H2. The Morgan fingerprint density at radius 1 is 1.16 bits per heavy atom. The first-order valence-corrected chi connectivity index (χ1v) is 8.69. The lowest BCUT2D eigenvalue weighted by Gasteiger charge is -2.01. The third kappa shape index (κ3) is 2.13. The molecule has 2 N–H and O–H groups in total. The molecule has 2 nitrogen and oxygen atoms in total. The van der Waals surface area contributed by atoms with E-state index in [-0.39, 0.29) is 0 Å². The minimum atomic E-state index is 0.582. The number of nitrogen functional groups attached to an aromatic ring is 1. The highest BCUT2D eigenvalue weighted by Crippen LogP contribution is 2.49. The van der Waals surface area contributed by atoms with Gasteiger partial charge >= 0.3 is 0 Å². The predicted molar refractivity (Wildman–Crippen MR) is 87.8 cm³/mol. The minimum absolute atomic E-state index is 0.582. The zero-order valence-electron chi connectivity index (χ0n) is 9.51. The van der Waals surface area contributed by atoms with Gasteiger partial charge < -0.3 is 5.73 Å². The Balaban J connectivity index is 2.31. The van der Waals surface area contributed by atoms with Crippen LogP contribution < -0.4 is 5.73 Å². The monoisotopic (exact) mass is 366 g/mol. The first-order chi connectivity index (χ1) is 9.22. The molecule has 94 valence electrons. The van der Waals surface area contributed by atoms with Crippen LogP contribution in [0.5, 0.6) is 0 Å². The summed E-state index contributed by atoms with van der Waals surface area (Å²) in [4.78, 5) is 3.88. The van der Waals surface area contributed by atoms with Crippen LogP contribution in [-0.2, 0) is 0 Å². The maximum atomic E-state index is 9.20. The van der Waals surface area contributed by atoms with Crippen molar-refractivity contribution >= 4 is 55.6 Å². The Morgan fingerprint density at radius 3 is 2.58 bits per heavy atom. The van der Waals surface area contributed by atoms with Crippen LogP contribution in [0.25, 0.3) is 20.2 Å². The van der Waals surface area contributed by atoms with Crippen LogP contribution in [0.2, 0.25) is 0 Å². The van der Waals surface area contributed by atoms with Crippen LogP contribution in [0.1, 0.15) is 4.88 Å². The maximum Gasteiger partial charge on any atom is 0.129 e. The van der Waals surface area contributed by atoms with Crippen molar-refractivity contribution in [3.05, 3.63) is 38.3 Å². The molecule has 0 bridgehead atoms. The van der Waals surface area contributed by atoms with Gasteiger partial charge in [-0.1, -0.05) is 6.07 Å². The highest BCUT2D eigenvalue weighted by molar-refractivity contribution is 9.10. The molecule has 0 fully saturated rings. The van der Waals surface area contributed by atoms with Gasteiger partial charge in [0.1, 0.15) is 10.9 Å². The Kier molecular flexibility index (Phi) is 3.46. The fraction of sp³-hybridized carbons (Fsp3) is 0. The molecule has 0 amide bonds. The third-order valence-electron chi connectivity index (χ3n) is 2.64. The first kappa shape index (κ1) is 12.9. The number of anilines is 1. The summed E-state index contributed by atoms with van der Waals surface area (Å²) in [5, 5.41) is 13.2. The molecular formula is C13H7BrN2S3. The van der Waals surface area contributed by atoms with E-state index in [0.717, 1.165) is 24.7 Å². The molecule has 0 aliphatic carbocycles.